The van der Waals surface area contributed by atoms with Crippen LogP contribution < -0.4 is 4.74 Å². The molecule has 3 aromatic rings. The third-order valence-electron chi connectivity index (χ3n) is 5.06. The summed E-state index contributed by atoms with van der Waals surface area (Å²) in [7, 11) is 1.63. The van der Waals surface area contributed by atoms with Gasteiger partial charge in [-0.15, -0.1) is 0 Å². The topological polar surface area (TPSA) is 81.0 Å². The van der Waals surface area contributed by atoms with E-state index in [1.807, 2.05) is 36.4 Å². The first kappa shape index (κ1) is 20.5. The average molecular weight is 425 g/mol. The van der Waals surface area contributed by atoms with Crippen LogP contribution in [0, 0.1) is 0 Å². The highest BCUT2D eigenvalue weighted by Gasteiger charge is 2.21. The van der Waals surface area contributed by atoms with Crippen molar-refractivity contribution in [3.05, 3.63) is 70.4 Å². The van der Waals surface area contributed by atoms with Crippen molar-refractivity contribution in [2.45, 2.75) is 18.9 Å². The SMILES string of the molecule is COc1ccc(Cc2cc(C(=O)N=C3CCOC[C@@H]3O)nc3c(Cl)cccc23)cc1. The average Bonchev–Trinajstić information content (AvgIpc) is 2.76. The van der Waals surface area contributed by atoms with Gasteiger partial charge in [-0.3, -0.25) is 4.79 Å². The Labute approximate surface area is 179 Å². The maximum Gasteiger partial charge on any atom is 0.295 e. The molecular weight excluding hydrogens is 404 g/mol. The fourth-order valence-corrected chi connectivity index (χ4v) is 3.67. The lowest BCUT2D eigenvalue weighted by atomic mass is 9.99. The van der Waals surface area contributed by atoms with E-state index < -0.39 is 12.0 Å². The molecule has 0 bridgehead atoms. The predicted molar refractivity (Wildman–Crippen MR) is 116 cm³/mol. The van der Waals surface area contributed by atoms with Gasteiger partial charge in [-0.2, -0.15) is 0 Å². The molecule has 2 heterocycles. The lowest BCUT2D eigenvalue weighted by Gasteiger charge is -2.19. The van der Waals surface area contributed by atoms with Gasteiger partial charge in [0.2, 0.25) is 0 Å². The number of carbonyl (C=O) groups is 1. The number of aliphatic imine (C=N–C) groups is 1. The summed E-state index contributed by atoms with van der Waals surface area (Å²) in [5.74, 6) is 0.284. The molecule has 154 valence electrons. The van der Waals surface area contributed by atoms with Gasteiger partial charge in [-0.05, 0) is 41.8 Å². The van der Waals surface area contributed by atoms with Crippen molar-refractivity contribution >= 4 is 34.1 Å². The van der Waals surface area contributed by atoms with Gasteiger partial charge in [0.1, 0.15) is 17.5 Å². The number of hydrogen-bond acceptors (Lipinski definition) is 5. The van der Waals surface area contributed by atoms with Gasteiger partial charge in [0.25, 0.3) is 5.91 Å². The molecule has 0 spiro atoms. The van der Waals surface area contributed by atoms with Crippen LogP contribution in [0.25, 0.3) is 10.9 Å². The van der Waals surface area contributed by atoms with Gasteiger partial charge < -0.3 is 14.6 Å². The molecule has 1 amide bonds. The number of nitrogens with zero attached hydrogens (tertiary/aromatic N) is 2. The van der Waals surface area contributed by atoms with Crippen LogP contribution in [0.5, 0.6) is 5.75 Å². The molecule has 0 unspecified atom stereocenters. The minimum atomic E-state index is -0.870. The maximum atomic E-state index is 12.8. The van der Waals surface area contributed by atoms with Crippen LogP contribution in [0.3, 0.4) is 0 Å². The molecule has 1 N–H and O–H groups in total. The molecular formula is C23H21ClN2O4. The molecule has 6 nitrogen and oxygen atoms in total. The molecule has 0 radical (unpaired) electrons. The van der Waals surface area contributed by atoms with Gasteiger partial charge >= 0.3 is 0 Å². The predicted octanol–water partition coefficient (Wildman–Crippen LogP) is 3.85. The van der Waals surface area contributed by atoms with E-state index in [1.54, 1.807) is 19.2 Å². The normalized spacial score (nSPS) is 18.0. The second-order valence-electron chi connectivity index (χ2n) is 7.08. The minimum absolute atomic E-state index is 0.145. The lowest BCUT2D eigenvalue weighted by molar-refractivity contribution is 0.0523. The molecule has 1 aromatic heterocycles. The van der Waals surface area contributed by atoms with Crippen LogP contribution in [0.15, 0.2) is 53.5 Å². The number of hydrogen-bond donors (Lipinski definition) is 1. The molecule has 1 fully saturated rings. The molecule has 2 aromatic carbocycles. The summed E-state index contributed by atoms with van der Waals surface area (Å²) in [5.41, 5.74) is 3.16. The van der Waals surface area contributed by atoms with Crippen LogP contribution in [0.1, 0.15) is 28.0 Å². The van der Waals surface area contributed by atoms with E-state index in [0.29, 0.717) is 35.7 Å². The largest absolute Gasteiger partial charge is 0.497 e. The van der Waals surface area contributed by atoms with Crippen molar-refractivity contribution in [3.63, 3.8) is 0 Å². The van der Waals surface area contributed by atoms with Crippen molar-refractivity contribution in [1.29, 1.82) is 0 Å². The number of aliphatic hydroxyl groups is 1. The van der Waals surface area contributed by atoms with Crippen LogP contribution in [0.2, 0.25) is 5.02 Å². The Hall–Kier alpha value is -2.80. The summed E-state index contributed by atoms with van der Waals surface area (Å²) in [6, 6.07) is 15.1. The minimum Gasteiger partial charge on any atom is -0.497 e. The second kappa shape index (κ2) is 8.92. The number of aliphatic hydroxyl groups excluding tert-OH is 1. The number of benzene rings is 2. The van der Waals surface area contributed by atoms with Gasteiger partial charge in [0.15, 0.2) is 0 Å². The number of amides is 1. The highest BCUT2D eigenvalue weighted by molar-refractivity contribution is 6.35. The van der Waals surface area contributed by atoms with E-state index in [1.165, 1.54) is 0 Å². The van der Waals surface area contributed by atoms with E-state index in [-0.39, 0.29) is 12.3 Å². The standard InChI is InChI=1S/C23H21ClN2O4/c1-29-16-7-5-14(6-8-16)11-15-12-20(25-22-17(15)3-2-4-18(22)24)23(28)26-19-9-10-30-13-21(19)27/h2-8,12,21,27H,9-11,13H2,1H3/t21-/m0/s1. The zero-order valence-corrected chi connectivity index (χ0v) is 17.2. The fourth-order valence-electron chi connectivity index (χ4n) is 3.46. The van der Waals surface area contributed by atoms with Gasteiger partial charge in [-0.25, -0.2) is 9.98 Å². The van der Waals surface area contributed by atoms with Crippen molar-refractivity contribution in [2.75, 3.05) is 20.3 Å². The number of ether oxygens (including phenoxy) is 2. The number of fused-ring (bicyclic) bond motifs is 1. The van der Waals surface area contributed by atoms with E-state index >= 15 is 0 Å². The molecule has 30 heavy (non-hydrogen) atoms. The van der Waals surface area contributed by atoms with E-state index in [4.69, 9.17) is 21.1 Å². The first-order chi connectivity index (χ1) is 14.5. The highest BCUT2D eigenvalue weighted by atomic mass is 35.5. The molecule has 0 aliphatic carbocycles. The number of pyridine rings is 1. The third kappa shape index (κ3) is 4.36. The van der Waals surface area contributed by atoms with Gasteiger partial charge in [0, 0.05) is 11.8 Å². The Kier molecular flexibility index (Phi) is 6.08. The molecule has 7 heteroatoms. The summed E-state index contributed by atoms with van der Waals surface area (Å²) < 4.78 is 10.4. The zero-order chi connectivity index (χ0) is 21.1. The Morgan fingerprint density at radius 3 is 2.83 bits per heavy atom. The van der Waals surface area contributed by atoms with Crippen LogP contribution in [0.4, 0.5) is 0 Å². The van der Waals surface area contributed by atoms with Crippen molar-refractivity contribution in [3.8, 4) is 5.75 Å². The molecule has 1 aliphatic rings. The first-order valence-corrected chi connectivity index (χ1v) is 10.0. The molecule has 0 saturated carbocycles. The van der Waals surface area contributed by atoms with Crippen molar-refractivity contribution in [1.82, 2.24) is 4.98 Å². The molecule has 4 rings (SSSR count). The Balaban J connectivity index is 1.74. The van der Waals surface area contributed by atoms with E-state index in [9.17, 15) is 9.90 Å². The smallest absolute Gasteiger partial charge is 0.295 e. The van der Waals surface area contributed by atoms with E-state index in [0.717, 1.165) is 22.3 Å². The van der Waals surface area contributed by atoms with Crippen LogP contribution >= 0.6 is 11.6 Å². The van der Waals surface area contributed by atoms with Crippen LogP contribution in [-0.4, -0.2) is 48.1 Å². The Morgan fingerprint density at radius 2 is 2.10 bits per heavy atom. The number of para-hydroxylation sites is 1. The fraction of sp³-hybridized carbons (Fsp3) is 0.261. The van der Waals surface area contributed by atoms with Crippen molar-refractivity contribution < 1.29 is 19.4 Å². The zero-order valence-electron chi connectivity index (χ0n) is 16.5. The molecule has 1 atom stereocenters. The summed E-state index contributed by atoms with van der Waals surface area (Å²) >= 11 is 6.38. The summed E-state index contributed by atoms with van der Waals surface area (Å²) in [5, 5.41) is 11.4. The van der Waals surface area contributed by atoms with Gasteiger partial charge in [0.05, 0.1) is 36.6 Å². The number of aromatic nitrogens is 1. The number of carbonyl (C=O) groups excluding carboxylic acids is 1. The monoisotopic (exact) mass is 424 g/mol. The molecule has 1 aliphatic heterocycles. The van der Waals surface area contributed by atoms with Gasteiger partial charge in [-0.1, -0.05) is 35.9 Å². The maximum absolute atomic E-state index is 12.8. The first-order valence-electron chi connectivity index (χ1n) is 9.64. The van der Waals surface area contributed by atoms with E-state index in [2.05, 4.69) is 9.98 Å². The summed E-state index contributed by atoms with van der Waals surface area (Å²) in [6.45, 7) is 0.578. The van der Waals surface area contributed by atoms with Crippen LogP contribution in [-0.2, 0) is 11.2 Å². The second-order valence-corrected chi connectivity index (χ2v) is 7.48. The summed E-state index contributed by atoms with van der Waals surface area (Å²) in [6.07, 6.45) is 0.141. The number of rotatable bonds is 4. The third-order valence-corrected chi connectivity index (χ3v) is 5.36. The highest BCUT2D eigenvalue weighted by Crippen LogP contribution is 2.27. The summed E-state index contributed by atoms with van der Waals surface area (Å²) in [4.78, 5) is 21.4. The Morgan fingerprint density at radius 1 is 1.30 bits per heavy atom. The number of halogens is 1. The Bertz CT molecular complexity index is 1110. The molecule has 1 saturated heterocycles. The number of methoxy groups -OCH3 is 1. The quantitative estimate of drug-likeness (QED) is 0.688. The lowest BCUT2D eigenvalue weighted by Crippen LogP contribution is -2.33. The van der Waals surface area contributed by atoms with Crippen molar-refractivity contribution in [2.24, 2.45) is 4.99 Å².